The highest BCUT2D eigenvalue weighted by molar-refractivity contribution is 9.10. The second kappa shape index (κ2) is 8.29. The largest absolute Gasteiger partial charge is 0.497 e. The van der Waals surface area contributed by atoms with Crippen LogP contribution in [0, 0.1) is 0 Å². The van der Waals surface area contributed by atoms with Crippen LogP contribution < -0.4 is 14.8 Å². The van der Waals surface area contributed by atoms with E-state index in [9.17, 15) is 4.79 Å². The number of hydrogen-bond donors (Lipinski definition) is 1. The average Bonchev–Trinajstić information content (AvgIpc) is 3.12. The molecule has 0 unspecified atom stereocenters. The van der Waals surface area contributed by atoms with Crippen LogP contribution in [0.1, 0.15) is 6.92 Å². The minimum absolute atomic E-state index is 0.287. The van der Waals surface area contributed by atoms with Crippen LogP contribution in [0.3, 0.4) is 0 Å². The molecule has 134 valence electrons. The van der Waals surface area contributed by atoms with Crippen LogP contribution in [0.15, 0.2) is 53.0 Å². The maximum atomic E-state index is 12.3. The van der Waals surface area contributed by atoms with Crippen molar-refractivity contribution in [3.05, 3.63) is 53.0 Å². The molecule has 1 amide bonds. The van der Waals surface area contributed by atoms with Crippen LogP contribution >= 0.6 is 27.3 Å². The van der Waals surface area contributed by atoms with Gasteiger partial charge in [-0.1, -0.05) is 27.3 Å². The summed E-state index contributed by atoms with van der Waals surface area (Å²) in [6.45, 7) is 1.68. The molecule has 0 aliphatic carbocycles. The van der Waals surface area contributed by atoms with Crippen LogP contribution in [0.4, 0.5) is 5.13 Å². The number of carbonyl (C=O) groups excluding carboxylic acids is 1. The van der Waals surface area contributed by atoms with Gasteiger partial charge in [-0.2, -0.15) is 0 Å². The number of carbonyl (C=O) groups is 1. The van der Waals surface area contributed by atoms with Crippen LogP contribution in [-0.4, -0.2) is 29.3 Å². The molecule has 1 heterocycles. The highest BCUT2D eigenvalue weighted by atomic mass is 79.9. The first-order chi connectivity index (χ1) is 12.5. The van der Waals surface area contributed by atoms with Gasteiger partial charge in [0.25, 0.3) is 5.91 Å². The van der Waals surface area contributed by atoms with E-state index < -0.39 is 6.10 Å². The summed E-state index contributed by atoms with van der Waals surface area (Å²) in [4.78, 5) is 12.3. The monoisotopic (exact) mass is 433 g/mol. The van der Waals surface area contributed by atoms with Crippen molar-refractivity contribution in [2.45, 2.75) is 13.0 Å². The van der Waals surface area contributed by atoms with Gasteiger partial charge in [-0.25, -0.2) is 0 Å². The molecule has 0 aliphatic heterocycles. The molecule has 0 bridgehead atoms. The maximum absolute atomic E-state index is 12.3. The van der Waals surface area contributed by atoms with Crippen molar-refractivity contribution in [1.29, 1.82) is 0 Å². The molecule has 1 N–H and O–H groups in total. The SMILES string of the molecule is COc1ccc(-c2nnc(NC(=O)[C@@H](C)Oc3ccc(Br)cc3)s2)cc1. The standard InChI is InChI=1S/C18H16BrN3O3S/c1-11(25-15-9-5-13(19)6-10-15)16(23)20-18-22-21-17(26-18)12-3-7-14(24-2)8-4-12/h3-11H,1-2H3,(H,20,22,23)/t11-/m1/s1. The second-order valence-electron chi connectivity index (χ2n) is 5.34. The van der Waals surface area contributed by atoms with E-state index in [2.05, 4.69) is 31.4 Å². The molecule has 0 aliphatic rings. The molecular formula is C18H16BrN3O3S. The van der Waals surface area contributed by atoms with Crippen molar-refractivity contribution in [1.82, 2.24) is 10.2 Å². The molecule has 26 heavy (non-hydrogen) atoms. The van der Waals surface area contributed by atoms with Gasteiger partial charge in [0.15, 0.2) is 6.10 Å². The molecule has 0 saturated carbocycles. The summed E-state index contributed by atoms with van der Waals surface area (Å²) >= 11 is 4.66. The fraction of sp³-hybridized carbons (Fsp3) is 0.167. The Bertz CT molecular complexity index is 881. The van der Waals surface area contributed by atoms with E-state index in [4.69, 9.17) is 9.47 Å². The first-order valence-corrected chi connectivity index (χ1v) is 9.37. The number of nitrogens with zero attached hydrogens (tertiary/aromatic N) is 2. The lowest BCUT2D eigenvalue weighted by Crippen LogP contribution is -2.30. The summed E-state index contributed by atoms with van der Waals surface area (Å²) in [6, 6.07) is 14.8. The highest BCUT2D eigenvalue weighted by Crippen LogP contribution is 2.28. The molecular weight excluding hydrogens is 418 g/mol. The van der Waals surface area contributed by atoms with Gasteiger partial charge in [0.1, 0.15) is 16.5 Å². The molecule has 1 atom stereocenters. The first-order valence-electron chi connectivity index (χ1n) is 7.76. The van der Waals surface area contributed by atoms with Crippen molar-refractivity contribution in [3.63, 3.8) is 0 Å². The number of amides is 1. The Hall–Kier alpha value is -2.45. The van der Waals surface area contributed by atoms with Crippen molar-refractivity contribution < 1.29 is 14.3 Å². The molecule has 6 nitrogen and oxygen atoms in total. The fourth-order valence-electron chi connectivity index (χ4n) is 2.10. The molecule has 0 spiro atoms. The van der Waals surface area contributed by atoms with E-state index in [1.165, 1.54) is 11.3 Å². The van der Waals surface area contributed by atoms with Gasteiger partial charge >= 0.3 is 0 Å². The van der Waals surface area contributed by atoms with Gasteiger partial charge in [-0.05, 0) is 55.5 Å². The predicted molar refractivity (Wildman–Crippen MR) is 105 cm³/mol. The van der Waals surface area contributed by atoms with E-state index in [1.54, 1.807) is 26.2 Å². The van der Waals surface area contributed by atoms with Crippen LogP contribution in [0.5, 0.6) is 11.5 Å². The zero-order valence-corrected chi connectivity index (χ0v) is 16.5. The van der Waals surface area contributed by atoms with E-state index in [1.807, 2.05) is 36.4 Å². The average molecular weight is 434 g/mol. The molecule has 3 rings (SSSR count). The van der Waals surface area contributed by atoms with E-state index in [-0.39, 0.29) is 5.91 Å². The lowest BCUT2D eigenvalue weighted by molar-refractivity contribution is -0.122. The number of hydrogen-bond acceptors (Lipinski definition) is 6. The van der Waals surface area contributed by atoms with Gasteiger partial charge in [0, 0.05) is 10.0 Å². The maximum Gasteiger partial charge on any atom is 0.266 e. The molecule has 0 saturated heterocycles. The summed E-state index contributed by atoms with van der Waals surface area (Å²) in [5.74, 6) is 1.10. The third-order valence-electron chi connectivity index (χ3n) is 3.49. The Morgan fingerprint density at radius 1 is 1.08 bits per heavy atom. The first kappa shape index (κ1) is 18.3. The molecule has 1 aromatic heterocycles. The van der Waals surface area contributed by atoms with Crippen molar-refractivity contribution in [2.75, 3.05) is 12.4 Å². The van der Waals surface area contributed by atoms with Gasteiger partial charge in [0.2, 0.25) is 5.13 Å². The number of benzene rings is 2. The third kappa shape index (κ3) is 4.59. The Balaban J connectivity index is 1.62. The number of halogens is 1. The summed E-state index contributed by atoms with van der Waals surface area (Å²) < 4.78 is 11.7. The normalized spacial score (nSPS) is 11.7. The summed E-state index contributed by atoms with van der Waals surface area (Å²) in [6.07, 6.45) is -0.662. The lowest BCUT2D eigenvalue weighted by atomic mass is 10.2. The quantitative estimate of drug-likeness (QED) is 0.623. The number of nitrogens with one attached hydrogen (secondary N) is 1. The van der Waals surface area contributed by atoms with Crippen LogP contribution in [0.2, 0.25) is 0 Å². The molecule has 0 fully saturated rings. The highest BCUT2D eigenvalue weighted by Gasteiger charge is 2.17. The Morgan fingerprint density at radius 2 is 1.73 bits per heavy atom. The number of methoxy groups -OCH3 is 1. The fourth-order valence-corrected chi connectivity index (χ4v) is 3.12. The van der Waals surface area contributed by atoms with Crippen molar-refractivity contribution in [3.8, 4) is 22.1 Å². The smallest absolute Gasteiger partial charge is 0.266 e. The molecule has 8 heteroatoms. The molecule has 0 radical (unpaired) electrons. The van der Waals surface area contributed by atoms with Crippen molar-refractivity contribution in [2.24, 2.45) is 0 Å². The number of rotatable bonds is 6. The number of aromatic nitrogens is 2. The zero-order valence-electron chi connectivity index (χ0n) is 14.1. The van der Waals surface area contributed by atoms with Gasteiger partial charge < -0.3 is 9.47 Å². The van der Waals surface area contributed by atoms with Crippen LogP contribution in [0.25, 0.3) is 10.6 Å². The number of ether oxygens (including phenoxy) is 2. The second-order valence-corrected chi connectivity index (χ2v) is 7.24. The predicted octanol–water partition coefficient (Wildman–Crippen LogP) is 4.38. The Labute approximate surface area is 163 Å². The summed E-state index contributed by atoms with van der Waals surface area (Å²) in [5.41, 5.74) is 0.906. The van der Waals surface area contributed by atoms with Gasteiger partial charge in [0.05, 0.1) is 7.11 Å². The summed E-state index contributed by atoms with van der Waals surface area (Å²) in [7, 11) is 1.62. The Kier molecular flexibility index (Phi) is 5.85. The van der Waals surface area contributed by atoms with E-state index in [0.717, 1.165) is 15.8 Å². The van der Waals surface area contributed by atoms with Crippen molar-refractivity contribution >= 4 is 38.3 Å². The summed E-state index contributed by atoms with van der Waals surface area (Å²) in [5, 5.41) is 12.0. The van der Waals surface area contributed by atoms with Crippen LogP contribution in [-0.2, 0) is 4.79 Å². The third-order valence-corrected chi connectivity index (χ3v) is 4.90. The number of anilines is 1. The molecule has 2 aromatic carbocycles. The minimum atomic E-state index is -0.662. The Morgan fingerprint density at radius 3 is 2.38 bits per heavy atom. The van der Waals surface area contributed by atoms with Gasteiger partial charge in [-0.15, -0.1) is 10.2 Å². The van der Waals surface area contributed by atoms with Gasteiger partial charge in [-0.3, -0.25) is 10.1 Å². The lowest BCUT2D eigenvalue weighted by Gasteiger charge is -2.13. The minimum Gasteiger partial charge on any atom is -0.497 e. The topological polar surface area (TPSA) is 73.3 Å². The van der Waals surface area contributed by atoms with E-state index in [0.29, 0.717) is 15.9 Å². The zero-order chi connectivity index (χ0) is 18.5. The van der Waals surface area contributed by atoms with E-state index >= 15 is 0 Å². The molecule has 3 aromatic rings.